The van der Waals surface area contributed by atoms with E-state index in [0.29, 0.717) is 19.4 Å². The first kappa shape index (κ1) is 31.5. The van der Waals surface area contributed by atoms with Gasteiger partial charge in [-0.05, 0) is 45.7 Å². The Morgan fingerprint density at radius 2 is 1.73 bits per heavy atom. The van der Waals surface area contributed by atoms with Gasteiger partial charge in [-0.25, -0.2) is 4.79 Å². The maximum atomic E-state index is 13.1. The van der Waals surface area contributed by atoms with E-state index in [1.54, 1.807) is 39.8 Å². The predicted molar refractivity (Wildman–Crippen MR) is 145 cm³/mol. The van der Waals surface area contributed by atoms with Crippen molar-refractivity contribution in [2.24, 2.45) is 5.92 Å². The molecule has 0 radical (unpaired) electrons. The van der Waals surface area contributed by atoms with Crippen molar-refractivity contribution in [3.8, 4) is 0 Å². The third kappa shape index (κ3) is 7.81. The van der Waals surface area contributed by atoms with E-state index >= 15 is 0 Å². The van der Waals surface area contributed by atoms with Crippen LogP contribution >= 0.6 is 0 Å². The lowest BCUT2D eigenvalue weighted by Gasteiger charge is -2.30. The number of aliphatic hydroxyl groups is 1. The molecule has 2 N–H and O–H groups in total. The standard InChI is InChI=1S/C28H38N4O9/c1-17(21(33)15-32-25(37)18-9-6-7-10-19(18)26(32)38)14-30(16-23(35)40-5)22(34)13-29-24(36)20-11-8-12-31(20)27(39)41-28(2,3)4/h6-7,9-10,17,20-21,33H,8,11-16H2,1-5H3,(H,29,36)/t17-,20+,21+/m1/s1. The second-order valence-corrected chi connectivity index (χ2v) is 11.2. The summed E-state index contributed by atoms with van der Waals surface area (Å²) in [5.41, 5.74) is -0.225. The maximum Gasteiger partial charge on any atom is 0.410 e. The topological polar surface area (TPSA) is 163 Å². The highest BCUT2D eigenvalue weighted by Gasteiger charge is 2.38. The molecule has 0 aromatic heterocycles. The highest BCUT2D eigenvalue weighted by molar-refractivity contribution is 6.21. The fraction of sp³-hybridized carbons (Fsp3) is 0.571. The third-order valence-corrected chi connectivity index (χ3v) is 6.91. The molecule has 1 aromatic carbocycles. The highest BCUT2D eigenvalue weighted by Crippen LogP contribution is 2.24. The molecule has 0 spiro atoms. The van der Waals surface area contributed by atoms with Crippen molar-refractivity contribution in [1.29, 1.82) is 0 Å². The van der Waals surface area contributed by atoms with Crippen molar-refractivity contribution < 1.29 is 43.3 Å². The van der Waals surface area contributed by atoms with Crippen molar-refractivity contribution >= 4 is 35.7 Å². The average molecular weight is 575 g/mol. The first-order chi connectivity index (χ1) is 19.2. The van der Waals surface area contributed by atoms with Crippen molar-refractivity contribution in [2.45, 2.75) is 58.3 Å². The summed E-state index contributed by atoms with van der Waals surface area (Å²) in [5, 5.41) is 13.4. The van der Waals surface area contributed by atoms with Crippen molar-refractivity contribution in [1.82, 2.24) is 20.0 Å². The molecule has 1 fully saturated rings. The fourth-order valence-electron chi connectivity index (χ4n) is 4.69. The van der Waals surface area contributed by atoms with Gasteiger partial charge in [0, 0.05) is 19.0 Å². The van der Waals surface area contributed by atoms with Crippen LogP contribution in [0.3, 0.4) is 0 Å². The number of carbonyl (C=O) groups excluding carboxylic acids is 6. The molecule has 41 heavy (non-hydrogen) atoms. The molecule has 2 aliphatic heterocycles. The van der Waals surface area contributed by atoms with Gasteiger partial charge in [0.25, 0.3) is 11.8 Å². The number of imide groups is 1. The summed E-state index contributed by atoms with van der Waals surface area (Å²) in [4.78, 5) is 79.2. The molecule has 13 nitrogen and oxygen atoms in total. The number of likely N-dealkylation sites (tertiary alicyclic amines) is 1. The van der Waals surface area contributed by atoms with Crippen LogP contribution in [0.15, 0.2) is 24.3 Å². The molecule has 2 heterocycles. The van der Waals surface area contributed by atoms with Gasteiger partial charge in [-0.3, -0.25) is 33.8 Å². The zero-order chi connectivity index (χ0) is 30.5. The Morgan fingerprint density at radius 3 is 2.29 bits per heavy atom. The predicted octanol–water partition coefficient (Wildman–Crippen LogP) is 0.797. The average Bonchev–Trinajstić information content (AvgIpc) is 3.50. The third-order valence-electron chi connectivity index (χ3n) is 6.91. The zero-order valence-corrected chi connectivity index (χ0v) is 24.0. The number of fused-ring (bicyclic) bond motifs is 1. The summed E-state index contributed by atoms with van der Waals surface area (Å²) in [6.45, 7) is 5.80. The smallest absolute Gasteiger partial charge is 0.410 e. The quantitative estimate of drug-likeness (QED) is 0.304. The van der Waals surface area contributed by atoms with E-state index in [4.69, 9.17) is 9.47 Å². The Labute approximate surface area is 238 Å². The molecule has 1 saturated heterocycles. The number of hydrogen-bond acceptors (Lipinski definition) is 9. The normalized spacial score (nSPS) is 18.0. The number of methoxy groups -OCH3 is 1. The number of aliphatic hydroxyl groups excluding tert-OH is 1. The summed E-state index contributed by atoms with van der Waals surface area (Å²) in [6.07, 6.45) is -0.815. The minimum absolute atomic E-state index is 0.123. The Hall–Kier alpha value is -4.00. The van der Waals surface area contributed by atoms with Gasteiger partial charge < -0.3 is 24.8 Å². The van der Waals surface area contributed by atoms with Gasteiger partial charge in [0.15, 0.2) is 0 Å². The van der Waals surface area contributed by atoms with Crippen molar-refractivity contribution in [3.05, 3.63) is 35.4 Å². The van der Waals surface area contributed by atoms with Crippen LogP contribution in [0.2, 0.25) is 0 Å². The molecular formula is C28H38N4O9. The number of benzene rings is 1. The van der Waals surface area contributed by atoms with Crippen LogP contribution in [0, 0.1) is 5.92 Å². The molecule has 5 amide bonds. The van der Waals surface area contributed by atoms with Gasteiger partial charge in [-0.2, -0.15) is 0 Å². The van der Waals surface area contributed by atoms with Crippen LogP contribution < -0.4 is 5.32 Å². The first-order valence-corrected chi connectivity index (χ1v) is 13.5. The molecule has 0 aliphatic carbocycles. The lowest BCUT2D eigenvalue weighted by atomic mass is 10.0. The summed E-state index contributed by atoms with van der Waals surface area (Å²) in [6, 6.07) is 5.56. The van der Waals surface area contributed by atoms with E-state index in [-0.39, 0.29) is 24.2 Å². The molecular weight excluding hydrogens is 536 g/mol. The van der Waals surface area contributed by atoms with E-state index < -0.39 is 72.4 Å². The molecule has 0 saturated carbocycles. The Kier molecular flexibility index (Phi) is 10.1. The Balaban J connectivity index is 1.60. The number of hydrogen-bond donors (Lipinski definition) is 2. The summed E-state index contributed by atoms with van der Waals surface area (Å²) in [7, 11) is 1.17. The highest BCUT2D eigenvalue weighted by atomic mass is 16.6. The van der Waals surface area contributed by atoms with Gasteiger partial charge in [0.05, 0.1) is 37.4 Å². The zero-order valence-electron chi connectivity index (χ0n) is 24.0. The largest absolute Gasteiger partial charge is 0.468 e. The van der Waals surface area contributed by atoms with Crippen molar-refractivity contribution in [3.63, 3.8) is 0 Å². The van der Waals surface area contributed by atoms with Crippen LogP contribution in [0.4, 0.5) is 4.79 Å². The summed E-state index contributed by atoms with van der Waals surface area (Å²) < 4.78 is 10.1. The number of amides is 5. The van der Waals surface area contributed by atoms with E-state index in [0.717, 1.165) is 9.80 Å². The monoisotopic (exact) mass is 574 g/mol. The molecule has 2 aliphatic rings. The summed E-state index contributed by atoms with van der Waals surface area (Å²) in [5.74, 6) is -3.56. The number of rotatable bonds is 10. The lowest BCUT2D eigenvalue weighted by molar-refractivity contribution is -0.147. The van der Waals surface area contributed by atoms with Crippen LogP contribution in [-0.2, 0) is 23.9 Å². The van der Waals surface area contributed by atoms with Gasteiger partial charge in [0.2, 0.25) is 11.8 Å². The second-order valence-electron chi connectivity index (χ2n) is 11.2. The van der Waals surface area contributed by atoms with Crippen LogP contribution in [0.5, 0.6) is 0 Å². The molecule has 1 aromatic rings. The number of esters is 1. The Morgan fingerprint density at radius 1 is 1.12 bits per heavy atom. The van der Waals surface area contributed by atoms with Crippen LogP contribution in [0.1, 0.15) is 61.3 Å². The number of nitrogens with zero attached hydrogens (tertiary/aromatic N) is 3. The number of carbonyl (C=O) groups is 6. The first-order valence-electron chi connectivity index (χ1n) is 13.5. The van der Waals surface area contributed by atoms with Crippen molar-refractivity contribution in [2.75, 3.05) is 39.8 Å². The Bertz CT molecular complexity index is 1160. The molecule has 3 atom stereocenters. The SMILES string of the molecule is COC(=O)CN(C[C@@H](C)[C@@H](O)CN1C(=O)c2ccccc2C1=O)C(=O)CNC(=O)[C@@H]1CCCN1C(=O)OC(C)(C)C. The molecule has 13 heteroatoms. The van der Waals surface area contributed by atoms with E-state index in [1.807, 2.05) is 0 Å². The molecule has 0 unspecified atom stereocenters. The lowest BCUT2D eigenvalue weighted by Crippen LogP contribution is -2.51. The minimum atomic E-state index is -1.21. The second kappa shape index (κ2) is 13.1. The summed E-state index contributed by atoms with van der Waals surface area (Å²) >= 11 is 0. The van der Waals surface area contributed by atoms with E-state index in [1.165, 1.54) is 24.1 Å². The maximum absolute atomic E-state index is 13.1. The van der Waals surface area contributed by atoms with Gasteiger partial charge in [0.1, 0.15) is 18.2 Å². The molecule has 0 bridgehead atoms. The molecule has 3 rings (SSSR count). The van der Waals surface area contributed by atoms with Gasteiger partial charge in [-0.1, -0.05) is 19.1 Å². The fourth-order valence-corrected chi connectivity index (χ4v) is 4.69. The number of ether oxygens (including phenoxy) is 2. The minimum Gasteiger partial charge on any atom is -0.468 e. The number of nitrogens with one attached hydrogen (secondary N) is 1. The van der Waals surface area contributed by atoms with E-state index in [2.05, 4.69) is 5.32 Å². The number of β-amino-alcohol motifs (C(OH)–C–C–N with tert-alkyl or cyclic N) is 1. The van der Waals surface area contributed by atoms with Crippen LogP contribution in [0.25, 0.3) is 0 Å². The van der Waals surface area contributed by atoms with Crippen LogP contribution in [-0.4, -0.2) is 113 Å². The van der Waals surface area contributed by atoms with Gasteiger partial charge in [-0.15, -0.1) is 0 Å². The molecule has 224 valence electrons. The van der Waals surface area contributed by atoms with E-state index in [9.17, 15) is 33.9 Å². The van der Waals surface area contributed by atoms with Gasteiger partial charge >= 0.3 is 12.1 Å².